The average Bonchev–Trinajstić information content (AvgIpc) is 3.47. The number of rotatable bonds is 4. The number of fused-ring (bicyclic) bond motifs is 1. The molecular weight excluding hydrogens is 386 g/mol. The Morgan fingerprint density at radius 2 is 1.86 bits per heavy atom. The van der Waals surface area contributed by atoms with Crippen LogP contribution >= 0.6 is 22.7 Å². The van der Waals surface area contributed by atoms with E-state index in [9.17, 15) is 4.79 Å². The van der Waals surface area contributed by atoms with Gasteiger partial charge in [0.25, 0.3) is 0 Å². The van der Waals surface area contributed by atoms with E-state index < -0.39 is 0 Å². The molecule has 3 aromatic heterocycles. The van der Waals surface area contributed by atoms with Crippen molar-refractivity contribution >= 4 is 45.6 Å². The van der Waals surface area contributed by atoms with Gasteiger partial charge in [-0.05, 0) is 59.2 Å². The van der Waals surface area contributed by atoms with Crippen molar-refractivity contribution in [1.29, 1.82) is 0 Å². The molecule has 0 saturated heterocycles. The van der Waals surface area contributed by atoms with Gasteiger partial charge in [0.05, 0.1) is 5.52 Å². The zero-order chi connectivity index (χ0) is 18.9. The van der Waals surface area contributed by atoms with Crippen LogP contribution in [0, 0.1) is 0 Å². The van der Waals surface area contributed by atoms with Crippen LogP contribution in [-0.4, -0.2) is 20.8 Å². The first-order chi connectivity index (χ1) is 13.8. The first kappa shape index (κ1) is 17.3. The number of allylic oxidation sites excluding steroid dienone is 3. The quantitative estimate of drug-likeness (QED) is 0.452. The van der Waals surface area contributed by atoms with Gasteiger partial charge in [0, 0.05) is 15.7 Å². The fourth-order valence-corrected chi connectivity index (χ4v) is 5.20. The Labute approximate surface area is 170 Å². The lowest BCUT2D eigenvalue weighted by Gasteiger charge is -2.29. The molecule has 5 rings (SSSR count). The zero-order valence-electron chi connectivity index (χ0n) is 14.9. The van der Waals surface area contributed by atoms with E-state index in [0.29, 0.717) is 0 Å². The van der Waals surface area contributed by atoms with E-state index in [1.54, 1.807) is 33.4 Å². The third kappa shape index (κ3) is 3.15. The minimum Gasteiger partial charge on any atom is -0.292 e. The van der Waals surface area contributed by atoms with Crippen molar-refractivity contribution in [3.63, 3.8) is 0 Å². The molecule has 0 radical (unpaired) electrons. The number of benzene rings is 1. The van der Waals surface area contributed by atoms with Gasteiger partial charge in [-0.2, -0.15) is 0 Å². The smallest absolute Gasteiger partial charge is 0.181 e. The average molecular weight is 404 g/mol. The van der Waals surface area contributed by atoms with E-state index in [4.69, 9.17) is 0 Å². The van der Waals surface area contributed by atoms with Crippen LogP contribution in [-0.2, 0) is 4.79 Å². The fourth-order valence-electron chi connectivity index (χ4n) is 3.72. The maximum atomic E-state index is 13.2. The van der Waals surface area contributed by atoms with Crippen LogP contribution in [0.1, 0.15) is 28.1 Å². The van der Waals surface area contributed by atoms with E-state index in [2.05, 4.69) is 45.4 Å². The summed E-state index contributed by atoms with van der Waals surface area (Å²) in [5.41, 5.74) is 2.76. The lowest BCUT2D eigenvalue weighted by atomic mass is 9.82. The summed E-state index contributed by atoms with van der Waals surface area (Å²) in [6, 6.07) is 15.7. The van der Waals surface area contributed by atoms with E-state index in [0.717, 1.165) is 23.0 Å². The Hall–Kier alpha value is -2.83. The molecule has 6 heteroatoms. The van der Waals surface area contributed by atoms with Crippen molar-refractivity contribution < 1.29 is 4.79 Å². The molecule has 0 spiro atoms. The summed E-state index contributed by atoms with van der Waals surface area (Å²) in [7, 11) is 0. The maximum absolute atomic E-state index is 13.2. The molecule has 2 unspecified atom stereocenters. The standard InChI is InChI=1S/C22H17N3OS2/c26-20-14-15(9-10-16-5-3-11-27-16)13-17(21-8-4-12-28-21)22(20)25-19-7-2-1-6-18(19)23-24-25/h1-12,14,17,22H,13H2. The van der Waals surface area contributed by atoms with Gasteiger partial charge in [-0.3, -0.25) is 4.79 Å². The summed E-state index contributed by atoms with van der Waals surface area (Å²) in [6.45, 7) is 0. The van der Waals surface area contributed by atoms with Crippen LogP contribution in [0.4, 0.5) is 0 Å². The van der Waals surface area contributed by atoms with Crippen LogP contribution in [0.25, 0.3) is 17.1 Å². The number of para-hydroxylation sites is 1. The molecule has 0 amide bonds. The molecule has 1 aliphatic carbocycles. The zero-order valence-corrected chi connectivity index (χ0v) is 16.6. The summed E-state index contributed by atoms with van der Waals surface area (Å²) in [4.78, 5) is 15.6. The predicted octanol–water partition coefficient (Wildman–Crippen LogP) is 5.49. The number of hydrogen-bond donors (Lipinski definition) is 0. The number of carbonyl (C=O) groups is 1. The minimum absolute atomic E-state index is 0.0468. The highest BCUT2D eigenvalue weighted by Crippen LogP contribution is 2.42. The predicted molar refractivity (Wildman–Crippen MR) is 115 cm³/mol. The highest BCUT2D eigenvalue weighted by atomic mass is 32.1. The second-order valence-corrected chi connectivity index (χ2v) is 8.72. The first-order valence-corrected chi connectivity index (χ1v) is 10.8. The van der Waals surface area contributed by atoms with E-state index in [1.165, 1.54) is 9.75 Å². The van der Waals surface area contributed by atoms with Crippen molar-refractivity contribution in [2.24, 2.45) is 0 Å². The van der Waals surface area contributed by atoms with Crippen LogP contribution < -0.4 is 0 Å². The third-order valence-electron chi connectivity index (χ3n) is 5.01. The topological polar surface area (TPSA) is 47.8 Å². The van der Waals surface area contributed by atoms with Gasteiger partial charge in [0.2, 0.25) is 0 Å². The molecule has 0 N–H and O–H groups in total. The minimum atomic E-state index is -0.370. The highest BCUT2D eigenvalue weighted by Gasteiger charge is 2.36. The number of carbonyl (C=O) groups excluding carboxylic acids is 1. The van der Waals surface area contributed by atoms with Gasteiger partial charge in [-0.1, -0.05) is 35.6 Å². The van der Waals surface area contributed by atoms with Crippen molar-refractivity contribution in [1.82, 2.24) is 15.0 Å². The van der Waals surface area contributed by atoms with Crippen LogP contribution in [0.2, 0.25) is 0 Å². The Morgan fingerprint density at radius 1 is 1.00 bits per heavy atom. The molecule has 0 saturated carbocycles. The van der Waals surface area contributed by atoms with Gasteiger partial charge in [-0.15, -0.1) is 27.8 Å². The van der Waals surface area contributed by atoms with Gasteiger partial charge in [0.1, 0.15) is 11.6 Å². The summed E-state index contributed by atoms with van der Waals surface area (Å²) in [6.07, 6.45) is 6.72. The summed E-state index contributed by atoms with van der Waals surface area (Å²) in [5.74, 6) is 0.122. The normalized spacial score (nSPS) is 20.1. The Balaban J connectivity index is 1.56. The van der Waals surface area contributed by atoms with Gasteiger partial charge >= 0.3 is 0 Å². The SMILES string of the molecule is O=C1C=C(C=Cc2cccs2)CC(c2cccs2)C1n1nnc2ccccc21. The Morgan fingerprint density at radius 3 is 2.68 bits per heavy atom. The van der Waals surface area contributed by atoms with E-state index in [1.807, 2.05) is 36.4 Å². The molecule has 1 aliphatic rings. The molecule has 28 heavy (non-hydrogen) atoms. The summed E-state index contributed by atoms with van der Waals surface area (Å²) >= 11 is 3.38. The van der Waals surface area contributed by atoms with Crippen molar-refractivity contribution in [3.05, 3.63) is 86.8 Å². The number of ketones is 1. The van der Waals surface area contributed by atoms with E-state index in [-0.39, 0.29) is 17.7 Å². The molecule has 3 heterocycles. The molecule has 0 fully saturated rings. The fraction of sp³-hybridized carbons (Fsp3) is 0.136. The maximum Gasteiger partial charge on any atom is 0.181 e. The van der Waals surface area contributed by atoms with Gasteiger partial charge in [-0.25, -0.2) is 4.68 Å². The number of aromatic nitrogens is 3. The molecule has 4 nitrogen and oxygen atoms in total. The molecule has 2 atom stereocenters. The number of thiophene rings is 2. The van der Waals surface area contributed by atoms with Gasteiger partial charge in [0.15, 0.2) is 5.78 Å². The second kappa shape index (κ2) is 7.30. The van der Waals surface area contributed by atoms with E-state index >= 15 is 0 Å². The van der Waals surface area contributed by atoms with Crippen LogP contribution in [0.15, 0.2) is 77.0 Å². The molecule has 0 bridgehead atoms. The van der Waals surface area contributed by atoms with Crippen molar-refractivity contribution in [2.75, 3.05) is 0 Å². The largest absolute Gasteiger partial charge is 0.292 e. The molecule has 1 aromatic carbocycles. The highest BCUT2D eigenvalue weighted by molar-refractivity contribution is 7.10. The number of nitrogens with zero attached hydrogens (tertiary/aromatic N) is 3. The lowest BCUT2D eigenvalue weighted by Crippen LogP contribution is -2.29. The molecule has 4 aromatic rings. The monoisotopic (exact) mass is 403 g/mol. The molecule has 0 aliphatic heterocycles. The third-order valence-corrected chi connectivity index (χ3v) is 6.85. The second-order valence-electron chi connectivity index (χ2n) is 6.76. The van der Waals surface area contributed by atoms with Crippen molar-refractivity contribution in [3.8, 4) is 0 Å². The van der Waals surface area contributed by atoms with Gasteiger partial charge < -0.3 is 0 Å². The molecular formula is C22H17N3OS2. The lowest BCUT2D eigenvalue weighted by molar-refractivity contribution is -0.118. The van der Waals surface area contributed by atoms with Crippen LogP contribution in [0.5, 0.6) is 0 Å². The summed E-state index contributed by atoms with van der Waals surface area (Å²) < 4.78 is 1.80. The van der Waals surface area contributed by atoms with Crippen LogP contribution in [0.3, 0.4) is 0 Å². The summed E-state index contributed by atoms with van der Waals surface area (Å²) in [5, 5.41) is 12.7. The first-order valence-electron chi connectivity index (χ1n) is 9.09. The number of hydrogen-bond acceptors (Lipinski definition) is 5. The Kier molecular flexibility index (Phi) is 4.50. The Bertz CT molecular complexity index is 1170. The molecule has 138 valence electrons. The van der Waals surface area contributed by atoms with Crippen molar-refractivity contribution in [2.45, 2.75) is 18.4 Å².